The molecule has 124 heavy (non-hydrogen) atoms. The van der Waals surface area contributed by atoms with Crippen molar-refractivity contribution in [3.8, 4) is 11.8 Å². The molecular weight excluding hydrogens is 1610 g/mol. The van der Waals surface area contributed by atoms with Gasteiger partial charge in [0.1, 0.15) is 30.4 Å². The molecule has 6 N–H and O–H groups in total. The zero-order chi connectivity index (χ0) is 86.0. The lowest BCUT2D eigenvalue weighted by atomic mass is 9.71. The molecule has 0 spiro atoms. The number of likely N-dealkylation sites (N-methyl/N-ethyl adjacent to an activating group) is 1. The first kappa shape index (κ1) is 100. The molecule has 682 valence electrons. The smallest absolute Gasteiger partial charge is 0.349 e. The molecule has 0 radical (unpaired) electrons. The predicted molar refractivity (Wildman–Crippen MR) is 498 cm³/mol. The molecular formula is C105H152ClN5O11S2. The summed E-state index contributed by atoms with van der Waals surface area (Å²) in [5.74, 6) is 6.11. The Balaban J connectivity index is 0.000000162. The van der Waals surface area contributed by atoms with E-state index in [9.17, 15) is 39.9 Å². The summed E-state index contributed by atoms with van der Waals surface area (Å²) in [6.07, 6.45) is 37.0. The standard InChI is InChI=1S/C25H37NO2.C22H31NO3.C19H22NO4S2.2C19H29NO.CH3.ClH/c1-20(2)9-8-16-26-17-14-21(15-18-26)19-24(27)25(28,23-12-6-7-13-23)22-10-4-3-5-11-22;1-3-23(4-2)17-11-12-18-26-21(24)22(25,19-13-7-5-8-14-19)20-15-9-6-10-16-20;1-20(2)12-9-11(10-13(20)17-16(12)24-17)23-18(21)19(22,14-5-3-7-25-14)15-6-4-8-26-15;2*21-19(17-9-3-1-4-10-17,18-11-5-2-6-12-18)13-16-20-14-7-8-15-20;;/h3-5,9-11,21,23,28H,6-8,12-19H2,1-2H3;5,7-8,13-14,20,25H,3-4,6,9-10,15-18H2,1-2H3;3-8,11-13,16-17,22H,9-10H2,1-2H3;2*1,3-4,9-10,18,21H,2,5-8,11-16H2;1H3;1H/q;;+1;;;-1;/t;;11?,12-,13+,16-,17+;;;;. The molecule has 6 saturated heterocycles. The minimum absolute atomic E-state index is 0. The largest absolute Gasteiger partial charge is 1.00 e. The van der Waals surface area contributed by atoms with Crippen LogP contribution in [0.2, 0.25) is 0 Å². The highest BCUT2D eigenvalue weighted by Gasteiger charge is 2.71. The number of hydrogen-bond acceptors (Lipinski definition) is 16. The van der Waals surface area contributed by atoms with Gasteiger partial charge in [0, 0.05) is 57.5 Å². The van der Waals surface area contributed by atoms with Gasteiger partial charge in [0.2, 0.25) is 5.60 Å². The Morgan fingerprint density at radius 3 is 1.42 bits per heavy atom. The van der Waals surface area contributed by atoms with E-state index < -0.39 is 39.9 Å². The third-order valence-corrected chi connectivity index (χ3v) is 31.7. The number of hydrogen-bond donors (Lipinski definition) is 6. The van der Waals surface area contributed by atoms with Gasteiger partial charge >= 0.3 is 11.9 Å². The van der Waals surface area contributed by atoms with Gasteiger partial charge in [-0.15, -0.1) is 22.7 Å². The predicted octanol–water partition coefficient (Wildman–Crippen LogP) is 14.7. The van der Waals surface area contributed by atoms with Gasteiger partial charge in [-0.25, -0.2) is 9.59 Å². The number of rotatable bonds is 29. The number of nitrogens with one attached hydrogen (secondary N) is 1. The number of allylic oxidation sites excluding steroid dienone is 1. The van der Waals surface area contributed by atoms with E-state index >= 15 is 0 Å². The quantitative estimate of drug-likeness (QED) is 0.00648. The van der Waals surface area contributed by atoms with Crippen LogP contribution in [0.3, 0.4) is 0 Å². The molecule has 4 aromatic carbocycles. The average molecular weight is 1760 g/mol. The molecule has 0 amide bonds. The highest BCUT2D eigenvalue weighted by molar-refractivity contribution is 7.12. The summed E-state index contributed by atoms with van der Waals surface area (Å²) in [6.45, 7) is 21.5. The molecule has 16 rings (SSSR count). The van der Waals surface area contributed by atoms with Crippen LogP contribution in [0.25, 0.3) is 0 Å². The van der Waals surface area contributed by atoms with Crippen molar-refractivity contribution in [1.29, 1.82) is 0 Å². The fourth-order valence-corrected chi connectivity index (χ4v) is 23.8. The van der Waals surface area contributed by atoms with Crippen molar-refractivity contribution in [2.45, 2.75) is 285 Å². The number of quaternary nitrogens is 2. The number of thiophene rings is 2. The molecule has 6 aromatic rings. The van der Waals surface area contributed by atoms with Gasteiger partial charge in [-0.1, -0.05) is 241 Å². The van der Waals surface area contributed by atoms with Crippen LogP contribution in [0, 0.1) is 48.9 Å². The minimum Gasteiger partial charge on any atom is -1.00 e. The van der Waals surface area contributed by atoms with E-state index in [1.54, 1.807) is 17.0 Å². The minimum atomic E-state index is -1.72. The second kappa shape index (κ2) is 48.6. The molecule has 9 atom stereocenters. The van der Waals surface area contributed by atoms with Crippen LogP contribution >= 0.6 is 22.7 Å². The number of likely N-dealkylation sites (tertiary alicyclic amines) is 3. The topological polar surface area (TPSA) is 198 Å². The zero-order valence-electron chi connectivity index (χ0n) is 76.1. The lowest BCUT2D eigenvalue weighted by molar-refractivity contribution is -0.938. The van der Waals surface area contributed by atoms with Gasteiger partial charge in [0.25, 0.3) is 0 Å². The maximum Gasteiger partial charge on any atom is 0.349 e. The number of nitrogens with zero attached hydrogens (tertiary/aromatic N) is 4. The van der Waals surface area contributed by atoms with Crippen LogP contribution in [-0.4, -0.2) is 192 Å². The van der Waals surface area contributed by atoms with Gasteiger partial charge < -0.3 is 78.8 Å². The molecule has 10 aliphatic rings. The number of carbonyl (C=O) groups is 3. The van der Waals surface area contributed by atoms with Crippen molar-refractivity contribution in [1.82, 2.24) is 14.7 Å². The first-order valence-corrected chi connectivity index (χ1v) is 49.3. The van der Waals surface area contributed by atoms with Crippen molar-refractivity contribution in [3.63, 3.8) is 0 Å². The summed E-state index contributed by atoms with van der Waals surface area (Å²) in [7, 11) is 4.49. The van der Waals surface area contributed by atoms with E-state index in [0.29, 0.717) is 70.3 Å². The molecule has 2 aromatic heterocycles. The SMILES string of the molecule is CC(C)=CCCN1CCC(CC(=O)C(O)(c2ccccc2)C2CCCC2)CC1.CCN(CC)CC#CCOC(=O)C(O)(c1ccccc1)C1CCCCC1.C[N+]1(C)[C@@H]2CC(OC(=O)C(O)(c3cccs3)c3cccs3)C[C@H]1[C@@H]1O[C@@H]12.OC(CCN1CCCC1)(c1ccccc1)C1CCCCC1.OC(CC[NH+]1CCCC1)(c1ccccc1)C1CCCCC1.[CH3-].[Cl-]. The van der Waals surface area contributed by atoms with Crippen LogP contribution < -0.4 is 17.3 Å². The number of morpholine rings is 1. The number of carbonyl (C=O) groups excluding carboxylic acids is 3. The van der Waals surface area contributed by atoms with Crippen LogP contribution in [-0.2, 0) is 56.6 Å². The number of ether oxygens (including phenoxy) is 3. The molecule has 16 nitrogen and oxygen atoms in total. The molecule has 2 bridgehead atoms. The van der Waals surface area contributed by atoms with Crippen LogP contribution in [0.15, 0.2) is 168 Å². The summed E-state index contributed by atoms with van der Waals surface area (Å²) in [4.78, 5) is 49.5. The van der Waals surface area contributed by atoms with Gasteiger partial charge in [-0.3, -0.25) is 9.69 Å². The molecule has 8 heterocycles. The number of benzene rings is 4. The van der Waals surface area contributed by atoms with Crippen LogP contribution in [0.1, 0.15) is 259 Å². The lowest BCUT2D eigenvalue weighted by Crippen LogP contribution is -3.10. The first-order valence-electron chi connectivity index (χ1n) is 47.5. The number of aliphatic hydroxyl groups is 5. The Hall–Kier alpha value is -5.96. The monoisotopic (exact) mass is 1760 g/mol. The lowest BCUT2D eigenvalue weighted by Gasteiger charge is -2.45. The van der Waals surface area contributed by atoms with Crippen molar-refractivity contribution in [3.05, 3.63) is 207 Å². The Bertz CT molecular complexity index is 4020. The van der Waals surface area contributed by atoms with Crippen molar-refractivity contribution in [2.24, 2.45) is 29.6 Å². The maximum atomic E-state index is 13.4. The van der Waals surface area contributed by atoms with Gasteiger partial charge in [0.05, 0.1) is 61.2 Å². The van der Waals surface area contributed by atoms with E-state index in [-0.39, 0.29) is 50.2 Å². The average Bonchev–Trinajstić information content (AvgIpc) is 1.53. The van der Waals surface area contributed by atoms with Crippen molar-refractivity contribution in [2.75, 3.05) is 99.2 Å². The Kier molecular flexibility index (Phi) is 39.3. The molecule has 6 aliphatic heterocycles. The normalized spacial score (nSPS) is 23.8. The molecule has 10 fully saturated rings. The number of piperidine rings is 2. The van der Waals surface area contributed by atoms with Gasteiger partial charge in [-0.2, -0.15) is 0 Å². The summed E-state index contributed by atoms with van der Waals surface area (Å²) < 4.78 is 18.0. The highest BCUT2D eigenvalue weighted by atomic mass is 35.5. The van der Waals surface area contributed by atoms with Crippen molar-refractivity contribution < 1.29 is 75.9 Å². The van der Waals surface area contributed by atoms with Gasteiger partial charge in [-0.05, 0) is 212 Å². The van der Waals surface area contributed by atoms with E-state index in [1.807, 2.05) is 89.6 Å². The number of esters is 2. The number of fused-ring (bicyclic) bond motifs is 5. The fraction of sp³-hybridized carbons (Fsp3) is 0.619. The first-order chi connectivity index (χ1) is 59.1. The Morgan fingerprint density at radius 1 is 0.524 bits per heavy atom. The summed E-state index contributed by atoms with van der Waals surface area (Å²) in [6, 6.07) is 47.8. The molecule has 5 unspecified atom stereocenters. The van der Waals surface area contributed by atoms with Gasteiger partial charge in [0.15, 0.2) is 23.6 Å². The van der Waals surface area contributed by atoms with Crippen LogP contribution in [0.5, 0.6) is 0 Å². The maximum absolute atomic E-state index is 13.4. The second-order valence-corrected chi connectivity index (χ2v) is 39.8. The number of halogens is 1. The molecule has 4 saturated carbocycles. The van der Waals surface area contributed by atoms with Crippen molar-refractivity contribution >= 4 is 40.4 Å². The van der Waals surface area contributed by atoms with E-state index in [0.717, 1.165) is 170 Å². The molecule has 4 aliphatic carbocycles. The fourth-order valence-electron chi connectivity index (χ4n) is 22.1. The summed E-state index contributed by atoms with van der Waals surface area (Å²) in [5, 5.41) is 61.2. The number of epoxide rings is 1. The van der Waals surface area contributed by atoms with E-state index in [1.165, 1.54) is 144 Å². The summed E-state index contributed by atoms with van der Waals surface area (Å²) in [5.41, 5.74) is -0.733. The molecule has 19 heteroatoms. The Labute approximate surface area is 759 Å². The highest BCUT2D eigenvalue weighted by Crippen LogP contribution is 2.53. The third-order valence-electron chi connectivity index (χ3n) is 29.7. The number of ketones is 1. The van der Waals surface area contributed by atoms with E-state index in [2.05, 4.69) is 129 Å². The van der Waals surface area contributed by atoms with E-state index in [4.69, 9.17) is 14.2 Å². The zero-order valence-corrected chi connectivity index (χ0v) is 78.5. The Morgan fingerprint density at radius 2 is 0.960 bits per heavy atom. The number of Topliss-reactive ketones (excluding diaryl/α,β-unsaturated/α-hetero) is 1. The summed E-state index contributed by atoms with van der Waals surface area (Å²) >= 11 is 2.74. The van der Waals surface area contributed by atoms with Crippen LogP contribution in [0.4, 0.5) is 0 Å². The second-order valence-electron chi connectivity index (χ2n) is 38.0. The third kappa shape index (κ3) is 25.6.